The lowest BCUT2D eigenvalue weighted by Gasteiger charge is -2.14. The quantitative estimate of drug-likeness (QED) is 0.661. The Morgan fingerprint density at radius 1 is 1.21 bits per heavy atom. The molecule has 0 spiro atoms. The molecule has 0 radical (unpaired) electrons. The number of nitrogens with one attached hydrogen (secondary N) is 2. The van der Waals surface area contributed by atoms with Crippen molar-refractivity contribution in [1.29, 1.82) is 0 Å². The fourth-order valence-electron chi connectivity index (χ4n) is 2.70. The van der Waals surface area contributed by atoms with Crippen LogP contribution in [0.1, 0.15) is 20.8 Å². The molecule has 7 nitrogen and oxygen atoms in total. The number of hydrogen-bond donors (Lipinski definition) is 2. The second-order valence-corrected chi connectivity index (χ2v) is 6.74. The van der Waals surface area contributed by atoms with Gasteiger partial charge in [0.05, 0.1) is 29.1 Å². The van der Waals surface area contributed by atoms with Crippen molar-refractivity contribution in [3.05, 3.63) is 64.6 Å². The van der Waals surface area contributed by atoms with Crippen LogP contribution in [-0.4, -0.2) is 48.1 Å². The molecule has 9 heteroatoms. The van der Waals surface area contributed by atoms with Gasteiger partial charge in [0.2, 0.25) is 0 Å². The van der Waals surface area contributed by atoms with Gasteiger partial charge >= 0.3 is 0 Å². The van der Waals surface area contributed by atoms with Crippen LogP contribution in [0.3, 0.4) is 0 Å². The maximum absolute atomic E-state index is 14.1. The zero-order valence-electron chi connectivity index (χ0n) is 15.9. The Balaban J connectivity index is 1.89. The maximum Gasteiger partial charge on any atom is 0.276 e. The summed E-state index contributed by atoms with van der Waals surface area (Å²) in [5.74, 6) is -0.946. The standard InChI is InChI=1S/C20H18ClFN4O3/c1-26(2)20(28)11-7-8-17(29-3)14(9-11)23-19(27)16-10-15(24-25-16)18-12(21)5-4-6-13(18)22/h4-10H,1-3H3,(H,23,27)(H,24,25). The number of carbonyl (C=O) groups excluding carboxylic acids is 2. The smallest absolute Gasteiger partial charge is 0.276 e. The first-order valence-electron chi connectivity index (χ1n) is 8.52. The lowest BCUT2D eigenvalue weighted by atomic mass is 10.1. The molecule has 0 aliphatic rings. The number of rotatable bonds is 5. The minimum absolute atomic E-state index is 0.0192. The Morgan fingerprint density at radius 2 is 1.97 bits per heavy atom. The molecule has 0 saturated heterocycles. The number of anilines is 1. The van der Waals surface area contributed by atoms with E-state index in [1.165, 1.54) is 36.3 Å². The normalized spacial score (nSPS) is 10.5. The number of halogens is 2. The number of aromatic amines is 1. The molecule has 0 saturated carbocycles. The number of ether oxygens (including phenoxy) is 1. The van der Waals surface area contributed by atoms with Gasteiger partial charge in [-0.25, -0.2) is 4.39 Å². The highest BCUT2D eigenvalue weighted by Crippen LogP contribution is 2.30. The van der Waals surface area contributed by atoms with Crippen LogP contribution in [0.25, 0.3) is 11.3 Å². The number of aromatic nitrogens is 2. The molecule has 1 heterocycles. The van der Waals surface area contributed by atoms with E-state index >= 15 is 0 Å². The first-order valence-corrected chi connectivity index (χ1v) is 8.90. The highest BCUT2D eigenvalue weighted by Gasteiger charge is 2.18. The monoisotopic (exact) mass is 416 g/mol. The Hall–Kier alpha value is -3.39. The van der Waals surface area contributed by atoms with E-state index in [0.717, 1.165) is 0 Å². The summed E-state index contributed by atoms with van der Waals surface area (Å²) >= 11 is 6.05. The molecule has 150 valence electrons. The minimum Gasteiger partial charge on any atom is -0.495 e. The predicted molar refractivity (Wildman–Crippen MR) is 108 cm³/mol. The Kier molecular flexibility index (Phi) is 5.84. The van der Waals surface area contributed by atoms with Crippen LogP contribution >= 0.6 is 11.6 Å². The van der Waals surface area contributed by atoms with Crippen molar-refractivity contribution in [3.63, 3.8) is 0 Å². The lowest BCUT2D eigenvalue weighted by Crippen LogP contribution is -2.22. The highest BCUT2D eigenvalue weighted by atomic mass is 35.5. The van der Waals surface area contributed by atoms with Crippen molar-refractivity contribution in [2.75, 3.05) is 26.5 Å². The third-order valence-electron chi connectivity index (χ3n) is 4.14. The van der Waals surface area contributed by atoms with E-state index in [1.807, 2.05) is 0 Å². The van der Waals surface area contributed by atoms with Gasteiger partial charge in [0, 0.05) is 19.7 Å². The third kappa shape index (κ3) is 4.22. The van der Waals surface area contributed by atoms with Crippen molar-refractivity contribution >= 4 is 29.1 Å². The molecule has 1 aromatic heterocycles. The summed E-state index contributed by atoms with van der Waals surface area (Å²) in [5, 5.41) is 9.40. The SMILES string of the molecule is COc1ccc(C(=O)N(C)C)cc1NC(=O)c1cc(-c2c(F)cccc2Cl)[nH]n1. The van der Waals surface area contributed by atoms with E-state index in [4.69, 9.17) is 16.3 Å². The summed E-state index contributed by atoms with van der Waals surface area (Å²) in [7, 11) is 4.71. The van der Waals surface area contributed by atoms with Crippen molar-refractivity contribution in [2.24, 2.45) is 0 Å². The molecular formula is C20H18ClFN4O3. The van der Waals surface area contributed by atoms with Gasteiger partial charge in [-0.05, 0) is 36.4 Å². The molecule has 3 rings (SSSR count). The number of methoxy groups -OCH3 is 1. The molecule has 2 N–H and O–H groups in total. The first kappa shape index (κ1) is 20.3. The summed E-state index contributed by atoms with van der Waals surface area (Å²) in [5.41, 5.74) is 1.09. The molecule has 0 aliphatic carbocycles. The zero-order chi connectivity index (χ0) is 21.1. The fourth-order valence-corrected chi connectivity index (χ4v) is 2.97. The largest absolute Gasteiger partial charge is 0.495 e. The maximum atomic E-state index is 14.1. The van der Waals surface area contributed by atoms with Crippen LogP contribution in [0.4, 0.5) is 10.1 Å². The van der Waals surface area contributed by atoms with Crippen molar-refractivity contribution in [2.45, 2.75) is 0 Å². The van der Waals surface area contributed by atoms with Crippen molar-refractivity contribution in [1.82, 2.24) is 15.1 Å². The van der Waals surface area contributed by atoms with Crippen LogP contribution in [0.2, 0.25) is 5.02 Å². The van der Waals surface area contributed by atoms with Crippen molar-refractivity contribution < 1.29 is 18.7 Å². The van der Waals surface area contributed by atoms with E-state index < -0.39 is 11.7 Å². The number of benzene rings is 2. The Bertz CT molecular complexity index is 1060. The molecule has 0 aliphatic heterocycles. The third-order valence-corrected chi connectivity index (χ3v) is 4.46. The summed E-state index contributed by atoms with van der Waals surface area (Å²) < 4.78 is 19.3. The van der Waals surface area contributed by atoms with Gasteiger partial charge in [0.1, 0.15) is 11.6 Å². The number of hydrogen-bond acceptors (Lipinski definition) is 4. The van der Waals surface area contributed by atoms with E-state index in [-0.39, 0.29) is 27.9 Å². The van der Waals surface area contributed by atoms with Gasteiger partial charge in [-0.1, -0.05) is 17.7 Å². The summed E-state index contributed by atoms with van der Waals surface area (Å²) in [6, 6.07) is 10.4. The average Bonchev–Trinajstić information content (AvgIpc) is 3.17. The van der Waals surface area contributed by atoms with Gasteiger partial charge in [-0.3, -0.25) is 14.7 Å². The Morgan fingerprint density at radius 3 is 2.62 bits per heavy atom. The number of H-pyrrole nitrogens is 1. The number of amides is 2. The lowest BCUT2D eigenvalue weighted by molar-refractivity contribution is 0.0827. The van der Waals surface area contributed by atoms with E-state index in [1.54, 1.807) is 32.3 Å². The molecule has 0 bridgehead atoms. The van der Waals surface area contributed by atoms with Gasteiger partial charge in [0.15, 0.2) is 5.69 Å². The second-order valence-electron chi connectivity index (χ2n) is 6.33. The zero-order valence-corrected chi connectivity index (χ0v) is 16.7. The predicted octanol–water partition coefficient (Wildman–Crippen LogP) is 3.83. The topological polar surface area (TPSA) is 87.3 Å². The molecule has 0 unspecified atom stereocenters. The molecule has 0 atom stereocenters. The number of nitrogens with zero attached hydrogens (tertiary/aromatic N) is 2. The summed E-state index contributed by atoms with van der Waals surface area (Å²) in [6.45, 7) is 0. The van der Waals surface area contributed by atoms with E-state index in [2.05, 4.69) is 15.5 Å². The van der Waals surface area contributed by atoms with Crippen LogP contribution in [0, 0.1) is 5.82 Å². The molecule has 29 heavy (non-hydrogen) atoms. The minimum atomic E-state index is -0.562. The molecular weight excluding hydrogens is 399 g/mol. The van der Waals surface area contributed by atoms with Gasteiger partial charge in [-0.2, -0.15) is 5.10 Å². The highest BCUT2D eigenvalue weighted by molar-refractivity contribution is 6.33. The first-order chi connectivity index (χ1) is 13.8. The van der Waals surface area contributed by atoms with Crippen molar-refractivity contribution in [3.8, 4) is 17.0 Å². The van der Waals surface area contributed by atoms with Crippen LogP contribution in [0.5, 0.6) is 5.75 Å². The average molecular weight is 417 g/mol. The fraction of sp³-hybridized carbons (Fsp3) is 0.150. The van der Waals surface area contributed by atoms with Gasteiger partial charge in [-0.15, -0.1) is 0 Å². The van der Waals surface area contributed by atoms with Crippen LogP contribution in [-0.2, 0) is 0 Å². The van der Waals surface area contributed by atoms with Crippen LogP contribution in [0.15, 0.2) is 42.5 Å². The van der Waals surface area contributed by atoms with E-state index in [9.17, 15) is 14.0 Å². The molecule has 2 amide bonds. The Labute approximate surface area is 171 Å². The second kappa shape index (κ2) is 8.32. The molecule has 3 aromatic rings. The van der Waals surface area contributed by atoms with E-state index in [0.29, 0.717) is 17.0 Å². The summed E-state index contributed by atoms with van der Waals surface area (Å²) in [4.78, 5) is 26.2. The van der Waals surface area contributed by atoms with Gasteiger partial charge in [0.25, 0.3) is 11.8 Å². The summed E-state index contributed by atoms with van der Waals surface area (Å²) in [6.07, 6.45) is 0. The van der Waals surface area contributed by atoms with Crippen LogP contribution < -0.4 is 10.1 Å². The van der Waals surface area contributed by atoms with Gasteiger partial charge < -0.3 is 15.0 Å². The number of carbonyl (C=O) groups is 2. The molecule has 0 fully saturated rings. The molecule has 2 aromatic carbocycles.